The zero-order valence-corrected chi connectivity index (χ0v) is 12.6. The molecule has 0 amide bonds. The maximum absolute atomic E-state index is 11.8. The van der Waals surface area contributed by atoms with Crippen LogP contribution in [0.15, 0.2) is 23.1 Å². The summed E-state index contributed by atoms with van der Waals surface area (Å²) in [6.45, 7) is 0.541. The van der Waals surface area contributed by atoms with Gasteiger partial charge in [0.25, 0.3) is 5.97 Å². The average Bonchev–Trinajstić information content (AvgIpc) is 2.26. The third-order valence-corrected chi connectivity index (χ3v) is 3.23. The second-order valence-electron chi connectivity index (χ2n) is 3.89. The smallest absolute Gasteiger partial charge is 0.300 e. The Bertz CT molecular complexity index is 601. The van der Waals surface area contributed by atoms with Crippen LogP contribution in [0.4, 0.5) is 5.69 Å². The lowest BCUT2D eigenvalue weighted by Crippen LogP contribution is -2.44. The molecule has 120 valence electrons. The van der Waals surface area contributed by atoms with Gasteiger partial charge in [0.2, 0.25) is 10.0 Å². The van der Waals surface area contributed by atoms with Crippen LogP contribution in [0.2, 0.25) is 5.02 Å². The minimum Gasteiger partial charge on any atom is -0.593 e. The van der Waals surface area contributed by atoms with Crippen LogP contribution in [0, 0.1) is 5.21 Å². The predicted octanol–water partition coefficient (Wildman–Crippen LogP) is 0.231. The molecule has 1 rings (SSSR count). The summed E-state index contributed by atoms with van der Waals surface area (Å²) in [7, 11) is -4.13. The van der Waals surface area contributed by atoms with Crippen LogP contribution in [0.5, 0.6) is 0 Å². The molecule has 0 saturated carbocycles. The Morgan fingerprint density at radius 1 is 1.48 bits per heavy atom. The summed E-state index contributed by atoms with van der Waals surface area (Å²) < 4.78 is 22.5. The Kier molecular flexibility index (Phi) is 7.19. The van der Waals surface area contributed by atoms with Crippen molar-refractivity contribution >= 4 is 33.3 Å². The van der Waals surface area contributed by atoms with Gasteiger partial charge in [-0.1, -0.05) is 11.6 Å². The molecule has 0 aliphatic carbocycles. The maximum atomic E-state index is 11.8. The number of nitrogens with zero attached hydrogens (tertiary/aromatic N) is 1. The highest BCUT2D eigenvalue weighted by molar-refractivity contribution is 7.89. The molecule has 1 aromatic carbocycles. The topological polar surface area (TPSA) is 167 Å². The largest absolute Gasteiger partial charge is 0.593 e. The van der Waals surface area contributed by atoms with Gasteiger partial charge < -0.3 is 16.0 Å². The highest BCUT2D eigenvalue weighted by Gasteiger charge is 2.27. The highest BCUT2D eigenvalue weighted by atomic mass is 35.5. The van der Waals surface area contributed by atoms with Gasteiger partial charge in [-0.05, 0) is 12.1 Å². The molecular formula is C10H16ClN3O6S. The fourth-order valence-electron chi connectivity index (χ4n) is 1.30. The van der Waals surface area contributed by atoms with E-state index in [4.69, 9.17) is 32.4 Å². The molecule has 0 aliphatic rings. The second-order valence-corrected chi connectivity index (χ2v) is 5.86. The van der Waals surface area contributed by atoms with Gasteiger partial charge in [-0.25, -0.2) is 18.8 Å². The number of hydroxylamine groups is 2. The fourth-order valence-corrected chi connectivity index (χ4v) is 2.22. The van der Waals surface area contributed by atoms with Crippen LogP contribution in [-0.4, -0.2) is 37.8 Å². The molecule has 21 heavy (non-hydrogen) atoms. The molecule has 6 N–H and O–H groups in total. The molecule has 0 saturated heterocycles. The standard InChI is InChI=1S/C8H12ClN3O4S.C2H4O2/c9-6-1-2-8(17(11,15)16)7(5-6)12(13,14)4-3-10;1-2(3)4/h1-2,5,13H,3-4,10H2,(H2,11,15,16);1H3,(H,3,4). The third-order valence-electron chi connectivity index (χ3n) is 2.04. The lowest BCUT2D eigenvalue weighted by Gasteiger charge is -2.33. The number of carboxylic acid groups (broad SMARTS) is 1. The van der Waals surface area contributed by atoms with E-state index >= 15 is 0 Å². The van der Waals surface area contributed by atoms with Crippen molar-refractivity contribution in [1.82, 2.24) is 4.81 Å². The number of carbonyl (C=O) groups is 1. The Morgan fingerprint density at radius 3 is 2.33 bits per heavy atom. The summed E-state index contributed by atoms with van der Waals surface area (Å²) in [5, 5.41) is 33.8. The summed E-state index contributed by atoms with van der Waals surface area (Å²) in [5.74, 6) is -0.833. The van der Waals surface area contributed by atoms with E-state index in [0.717, 1.165) is 19.1 Å². The van der Waals surface area contributed by atoms with Gasteiger partial charge in [0.05, 0.1) is 0 Å². The summed E-state index contributed by atoms with van der Waals surface area (Å²) in [6, 6.07) is 3.36. The SMILES string of the molecule is CC(=O)O.NCC[N+]([O-])(O)c1cc(Cl)ccc1S(N)(=O)=O. The van der Waals surface area contributed by atoms with Crippen molar-refractivity contribution in [2.75, 3.05) is 13.1 Å². The highest BCUT2D eigenvalue weighted by Crippen LogP contribution is 2.30. The van der Waals surface area contributed by atoms with Crippen molar-refractivity contribution in [3.8, 4) is 0 Å². The average molecular weight is 342 g/mol. The number of hydrogen-bond donors (Lipinski definition) is 4. The summed E-state index contributed by atoms with van der Waals surface area (Å²) in [4.78, 5) is 6.58. The number of rotatable bonds is 4. The van der Waals surface area contributed by atoms with Crippen LogP contribution >= 0.6 is 11.6 Å². The molecule has 1 atom stereocenters. The number of sulfonamides is 1. The first-order chi connectivity index (χ1) is 9.41. The molecule has 9 nitrogen and oxygen atoms in total. The van der Waals surface area contributed by atoms with E-state index in [9.17, 15) is 18.8 Å². The van der Waals surface area contributed by atoms with Gasteiger partial charge in [-0.2, -0.15) is 4.81 Å². The van der Waals surface area contributed by atoms with Gasteiger partial charge in [0.1, 0.15) is 11.4 Å². The number of primary sulfonamides is 1. The first-order valence-corrected chi connectivity index (χ1v) is 7.38. The quantitative estimate of drug-likeness (QED) is 0.449. The van der Waals surface area contributed by atoms with Gasteiger partial charge >= 0.3 is 0 Å². The maximum Gasteiger partial charge on any atom is 0.300 e. The van der Waals surface area contributed by atoms with Crippen LogP contribution in [0.1, 0.15) is 6.92 Å². The molecule has 11 heteroatoms. The van der Waals surface area contributed by atoms with Crippen molar-refractivity contribution in [2.24, 2.45) is 10.9 Å². The molecule has 0 spiro atoms. The minimum atomic E-state index is -4.13. The van der Waals surface area contributed by atoms with Crippen molar-refractivity contribution in [1.29, 1.82) is 0 Å². The van der Waals surface area contributed by atoms with E-state index < -0.39 is 37.9 Å². The Balaban J connectivity index is 0.000000885. The van der Waals surface area contributed by atoms with Crippen LogP contribution in [-0.2, 0) is 14.8 Å². The molecule has 0 radical (unpaired) electrons. The first-order valence-electron chi connectivity index (χ1n) is 5.46. The number of nitrogens with two attached hydrogens (primary N) is 2. The Labute approximate surface area is 126 Å². The monoisotopic (exact) mass is 341 g/mol. The van der Waals surface area contributed by atoms with E-state index in [2.05, 4.69) is 0 Å². The van der Waals surface area contributed by atoms with E-state index in [1.165, 1.54) is 6.07 Å². The number of aliphatic carboxylic acids is 1. The van der Waals surface area contributed by atoms with Gasteiger partial charge in [0, 0.05) is 24.6 Å². The molecule has 1 unspecified atom stereocenters. The molecular weight excluding hydrogens is 326 g/mol. The van der Waals surface area contributed by atoms with E-state index in [0.29, 0.717) is 0 Å². The fraction of sp³-hybridized carbons (Fsp3) is 0.300. The molecule has 0 fully saturated rings. The Hall–Kier alpha value is -1.27. The normalized spacial score (nSPS) is 13.8. The molecule has 0 aromatic heterocycles. The zero-order chi connectivity index (χ0) is 16.8. The molecule has 1 aromatic rings. The summed E-state index contributed by atoms with van der Waals surface area (Å²) >= 11 is 5.65. The molecule has 0 heterocycles. The van der Waals surface area contributed by atoms with Crippen LogP contribution < -0.4 is 15.7 Å². The van der Waals surface area contributed by atoms with Crippen molar-refractivity contribution in [3.05, 3.63) is 28.4 Å². The third kappa shape index (κ3) is 6.82. The number of quaternary nitrogens is 1. The van der Waals surface area contributed by atoms with Gasteiger partial charge in [-0.15, -0.1) is 0 Å². The lowest BCUT2D eigenvalue weighted by molar-refractivity contribution is -0.134. The predicted molar refractivity (Wildman–Crippen MR) is 77.0 cm³/mol. The zero-order valence-electron chi connectivity index (χ0n) is 11.1. The number of benzene rings is 1. The van der Waals surface area contributed by atoms with Crippen molar-refractivity contribution in [2.45, 2.75) is 11.8 Å². The lowest BCUT2D eigenvalue weighted by atomic mass is 10.3. The second kappa shape index (κ2) is 7.66. The summed E-state index contributed by atoms with van der Waals surface area (Å²) in [6.07, 6.45) is 0. The number of carboxylic acids is 1. The van der Waals surface area contributed by atoms with E-state index in [1.807, 2.05) is 0 Å². The Morgan fingerprint density at radius 2 is 1.95 bits per heavy atom. The van der Waals surface area contributed by atoms with Gasteiger partial charge in [0.15, 0.2) is 5.69 Å². The first kappa shape index (κ1) is 19.7. The summed E-state index contributed by atoms with van der Waals surface area (Å²) in [5.41, 5.74) is 4.71. The van der Waals surface area contributed by atoms with E-state index in [1.54, 1.807) is 0 Å². The van der Waals surface area contributed by atoms with Crippen molar-refractivity contribution in [3.63, 3.8) is 0 Å². The van der Waals surface area contributed by atoms with Crippen LogP contribution in [0.25, 0.3) is 0 Å². The number of hydrogen-bond acceptors (Lipinski definition) is 6. The minimum absolute atomic E-state index is 0.108. The molecule has 0 bridgehead atoms. The molecule has 0 aliphatic heterocycles. The van der Waals surface area contributed by atoms with Crippen molar-refractivity contribution < 1.29 is 23.5 Å². The van der Waals surface area contributed by atoms with Crippen LogP contribution in [0.3, 0.4) is 0 Å². The van der Waals surface area contributed by atoms with E-state index in [-0.39, 0.29) is 11.6 Å². The van der Waals surface area contributed by atoms with Gasteiger partial charge in [-0.3, -0.25) is 4.79 Å². The number of halogens is 1.